The summed E-state index contributed by atoms with van der Waals surface area (Å²) in [4.78, 5) is 0. The lowest BCUT2D eigenvalue weighted by atomic mass is 9.68. The van der Waals surface area contributed by atoms with Gasteiger partial charge in [-0.3, -0.25) is 0 Å². The first-order valence-electron chi connectivity index (χ1n) is 11.1. The molecule has 3 rings (SSSR count). The molecule has 2 aliphatic rings. The van der Waals surface area contributed by atoms with E-state index in [1.54, 1.807) is 0 Å². The fourth-order valence-electron chi connectivity index (χ4n) is 4.51. The fraction of sp³-hybridized carbons (Fsp3) is 0.680. The van der Waals surface area contributed by atoms with Crippen LogP contribution in [0.3, 0.4) is 0 Å². The van der Waals surface area contributed by atoms with E-state index in [-0.39, 0.29) is 11.5 Å². The molecule has 3 heteroatoms. The van der Waals surface area contributed by atoms with Gasteiger partial charge in [-0.2, -0.15) is 0 Å². The summed E-state index contributed by atoms with van der Waals surface area (Å²) in [5.41, 5.74) is 3.46. The second-order valence-corrected chi connectivity index (χ2v) is 8.65. The third kappa shape index (κ3) is 5.53. The molecule has 0 saturated carbocycles. The molecule has 1 aliphatic carbocycles. The van der Waals surface area contributed by atoms with Crippen LogP contribution in [0.5, 0.6) is 11.5 Å². The summed E-state index contributed by atoms with van der Waals surface area (Å²) in [6.07, 6.45) is 9.26. The Bertz CT molecular complexity index is 658. The van der Waals surface area contributed by atoms with Crippen molar-refractivity contribution in [2.75, 3.05) is 13.2 Å². The number of allylic oxidation sites excluding steroid dienone is 2. The number of phenolic OH excluding ortho intramolecular Hbond substituents is 1. The highest BCUT2D eigenvalue weighted by Crippen LogP contribution is 2.53. The number of hydrogen-bond donors (Lipinski definition) is 1. The van der Waals surface area contributed by atoms with Crippen molar-refractivity contribution in [1.29, 1.82) is 0 Å². The molecule has 1 aromatic carbocycles. The van der Waals surface area contributed by atoms with Crippen molar-refractivity contribution in [2.45, 2.75) is 91.6 Å². The zero-order valence-corrected chi connectivity index (χ0v) is 18.8. The van der Waals surface area contributed by atoms with E-state index in [0.717, 1.165) is 43.8 Å². The number of benzene rings is 1. The molecule has 1 heterocycles. The van der Waals surface area contributed by atoms with Crippen LogP contribution in [0, 0.1) is 5.92 Å². The minimum absolute atomic E-state index is 0.177. The average Bonchev–Trinajstić information content (AvgIpc) is 2.62. The molecule has 1 aliphatic heterocycles. The highest BCUT2D eigenvalue weighted by atomic mass is 16.5. The lowest BCUT2D eigenvalue weighted by molar-refractivity contribution is 0.0107. The molecule has 1 aromatic rings. The van der Waals surface area contributed by atoms with Gasteiger partial charge in [0.15, 0.2) is 0 Å². The average molecular weight is 389 g/mol. The van der Waals surface area contributed by atoms with E-state index < -0.39 is 0 Å². The molecule has 28 heavy (non-hydrogen) atoms. The van der Waals surface area contributed by atoms with E-state index in [0.29, 0.717) is 11.7 Å². The van der Waals surface area contributed by atoms with Crippen LogP contribution < -0.4 is 4.74 Å². The second-order valence-electron chi connectivity index (χ2n) is 8.65. The van der Waals surface area contributed by atoms with Crippen LogP contribution in [0.25, 0.3) is 0 Å². The molecule has 0 unspecified atom stereocenters. The van der Waals surface area contributed by atoms with Gasteiger partial charge in [0.2, 0.25) is 0 Å². The highest BCUT2D eigenvalue weighted by Gasteiger charge is 2.45. The fourth-order valence-corrected chi connectivity index (χ4v) is 4.51. The Morgan fingerprint density at radius 2 is 1.86 bits per heavy atom. The molecule has 2 atom stereocenters. The number of fused-ring (bicyclic) bond motifs is 3. The minimum Gasteiger partial charge on any atom is -0.507 e. The molecule has 0 amide bonds. The first-order chi connectivity index (χ1) is 13.3. The summed E-state index contributed by atoms with van der Waals surface area (Å²) in [6, 6.07) is 4.13. The molecule has 0 aromatic heterocycles. The maximum Gasteiger partial charge on any atom is 0.127 e. The van der Waals surface area contributed by atoms with Crippen molar-refractivity contribution in [3.05, 3.63) is 34.9 Å². The first-order valence-corrected chi connectivity index (χ1v) is 11.1. The third-order valence-corrected chi connectivity index (χ3v) is 6.00. The number of ether oxygens (including phenoxy) is 2. The summed E-state index contributed by atoms with van der Waals surface area (Å²) in [5.74, 6) is 2.04. The summed E-state index contributed by atoms with van der Waals surface area (Å²) in [5, 5.41) is 10.7. The zero-order chi connectivity index (χ0) is 20.7. The Balaban J connectivity index is 0.000000500. The van der Waals surface area contributed by atoms with Crippen molar-refractivity contribution < 1.29 is 14.6 Å². The third-order valence-electron chi connectivity index (χ3n) is 6.00. The van der Waals surface area contributed by atoms with Gasteiger partial charge >= 0.3 is 0 Å². The number of aromatic hydroxyl groups is 1. The van der Waals surface area contributed by atoms with E-state index in [1.807, 2.05) is 19.9 Å². The Morgan fingerprint density at radius 1 is 1.14 bits per heavy atom. The molecule has 0 saturated heterocycles. The molecule has 0 bridgehead atoms. The van der Waals surface area contributed by atoms with Crippen molar-refractivity contribution in [3.8, 4) is 11.5 Å². The van der Waals surface area contributed by atoms with Crippen LogP contribution in [-0.4, -0.2) is 23.9 Å². The Labute approximate surface area is 172 Å². The van der Waals surface area contributed by atoms with E-state index in [1.165, 1.54) is 30.4 Å². The van der Waals surface area contributed by atoms with Gasteiger partial charge in [0.05, 0.1) is 0 Å². The van der Waals surface area contributed by atoms with Gasteiger partial charge in [-0.15, -0.1) is 0 Å². The maximum atomic E-state index is 10.7. The molecule has 1 N–H and O–H groups in total. The second kappa shape index (κ2) is 10.3. The predicted octanol–water partition coefficient (Wildman–Crippen LogP) is 6.78. The highest BCUT2D eigenvalue weighted by molar-refractivity contribution is 5.53. The maximum absolute atomic E-state index is 10.7. The number of phenols is 1. The van der Waals surface area contributed by atoms with Crippen LogP contribution in [-0.2, 0) is 11.2 Å². The summed E-state index contributed by atoms with van der Waals surface area (Å²) in [6.45, 7) is 14.5. The van der Waals surface area contributed by atoms with Crippen LogP contribution >= 0.6 is 0 Å². The minimum atomic E-state index is -0.177. The van der Waals surface area contributed by atoms with Crippen molar-refractivity contribution in [3.63, 3.8) is 0 Å². The number of hydrogen-bond acceptors (Lipinski definition) is 3. The van der Waals surface area contributed by atoms with Crippen molar-refractivity contribution >= 4 is 0 Å². The normalized spacial score (nSPS) is 22.1. The lowest BCUT2D eigenvalue weighted by Gasteiger charge is -2.46. The van der Waals surface area contributed by atoms with E-state index in [4.69, 9.17) is 9.47 Å². The summed E-state index contributed by atoms with van der Waals surface area (Å²) < 4.78 is 11.2. The first kappa shape index (κ1) is 22.8. The van der Waals surface area contributed by atoms with E-state index >= 15 is 0 Å². The summed E-state index contributed by atoms with van der Waals surface area (Å²) >= 11 is 0. The topological polar surface area (TPSA) is 38.7 Å². The van der Waals surface area contributed by atoms with Gasteiger partial charge in [-0.25, -0.2) is 0 Å². The molecular weight excluding hydrogens is 348 g/mol. The van der Waals surface area contributed by atoms with Crippen LogP contribution in [0.4, 0.5) is 0 Å². The van der Waals surface area contributed by atoms with Gasteiger partial charge < -0.3 is 14.6 Å². The van der Waals surface area contributed by atoms with Crippen LogP contribution in [0.2, 0.25) is 0 Å². The molecular formula is C25H40O3. The Morgan fingerprint density at radius 3 is 2.46 bits per heavy atom. The molecule has 158 valence electrons. The quantitative estimate of drug-likeness (QED) is 0.431. The number of aryl methyl sites for hydroxylation is 1. The van der Waals surface area contributed by atoms with Gasteiger partial charge in [-0.1, -0.05) is 31.4 Å². The molecule has 0 radical (unpaired) electrons. The lowest BCUT2D eigenvalue weighted by Crippen LogP contribution is -2.45. The van der Waals surface area contributed by atoms with Gasteiger partial charge in [-0.05, 0) is 78.0 Å². The summed E-state index contributed by atoms with van der Waals surface area (Å²) in [7, 11) is 0. The van der Waals surface area contributed by atoms with Crippen molar-refractivity contribution in [1.82, 2.24) is 0 Å². The Hall–Kier alpha value is -1.48. The van der Waals surface area contributed by atoms with Crippen LogP contribution in [0.15, 0.2) is 23.8 Å². The standard InChI is InChI=1S/C21H30O2.C4H10O/c1-5-6-7-8-15-12-18(22)20-16-11-14(2)9-10-17(16)21(3,4)23-19(20)13-15;1-3-5-4-2/h11-13,16-17,22H,5-10H2,1-4H3;3-4H2,1-2H3/t16-,17-;/m1./s1. The molecule has 3 nitrogen and oxygen atoms in total. The van der Waals surface area contributed by atoms with Gasteiger partial charge in [0.25, 0.3) is 0 Å². The van der Waals surface area contributed by atoms with Crippen molar-refractivity contribution in [2.24, 2.45) is 5.92 Å². The number of rotatable bonds is 6. The SMILES string of the molecule is CCCCCc1cc(O)c2c(c1)OC(C)(C)[C@@H]1CCC(C)=C[C@@H]21.CCOCC. The smallest absolute Gasteiger partial charge is 0.127 e. The zero-order valence-electron chi connectivity index (χ0n) is 18.8. The molecule has 0 fully saturated rings. The Kier molecular flexibility index (Phi) is 8.42. The van der Waals surface area contributed by atoms with E-state index in [9.17, 15) is 5.11 Å². The van der Waals surface area contributed by atoms with Gasteiger partial charge in [0.1, 0.15) is 17.1 Å². The predicted molar refractivity (Wildman–Crippen MR) is 117 cm³/mol. The largest absolute Gasteiger partial charge is 0.507 e. The van der Waals surface area contributed by atoms with Crippen LogP contribution in [0.1, 0.15) is 90.7 Å². The van der Waals surface area contributed by atoms with E-state index in [2.05, 4.69) is 39.8 Å². The number of unbranched alkanes of at least 4 members (excludes halogenated alkanes) is 2. The molecule has 0 spiro atoms. The van der Waals surface area contributed by atoms with Gasteiger partial charge in [0, 0.05) is 30.6 Å². The monoisotopic (exact) mass is 388 g/mol.